The van der Waals surface area contributed by atoms with E-state index >= 15 is 0 Å². The first-order chi connectivity index (χ1) is 14.4. The predicted molar refractivity (Wildman–Crippen MR) is 108 cm³/mol. The summed E-state index contributed by atoms with van der Waals surface area (Å²) in [7, 11) is 1.49. The van der Waals surface area contributed by atoms with Crippen molar-refractivity contribution in [2.24, 2.45) is 5.92 Å². The Kier molecular flexibility index (Phi) is 7.49. The number of carbonyl (C=O) groups excluding carboxylic acids is 1. The van der Waals surface area contributed by atoms with Crippen molar-refractivity contribution >= 4 is 5.91 Å². The zero-order valence-electron chi connectivity index (χ0n) is 17.7. The standard InChI is InChI=1S/C21H29F2N5O2/c1-14(2)8-18(24-20(29)13-30-3)21-26-25-19-4-5-27(6-7-28(19)21)12-15-9-16(22)11-17(23)10-15/h9-11,14,18H,4-8,12-13H2,1-3H3,(H,24,29). The highest BCUT2D eigenvalue weighted by molar-refractivity contribution is 5.77. The van der Waals surface area contributed by atoms with Gasteiger partial charge in [-0.05, 0) is 30.0 Å². The minimum absolute atomic E-state index is 0.00639. The summed E-state index contributed by atoms with van der Waals surface area (Å²) in [6.45, 7) is 6.68. The Morgan fingerprint density at radius 1 is 1.17 bits per heavy atom. The van der Waals surface area contributed by atoms with Crippen LogP contribution in [0.2, 0.25) is 0 Å². The molecule has 1 aliphatic rings. The van der Waals surface area contributed by atoms with Crippen molar-refractivity contribution in [3.63, 3.8) is 0 Å². The van der Waals surface area contributed by atoms with Crippen LogP contribution >= 0.6 is 0 Å². The van der Waals surface area contributed by atoms with E-state index in [-0.39, 0.29) is 18.6 Å². The second-order valence-corrected chi connectivity index (χ2v) is 8.11. The minimum atomic E-state index is -0.567. The van der Waals surface area contributed by atoms with Crippen LogP contribution in [-0.2, 0) is 29.0 Å². The molecule has 164 valence electrons. The van der Waals surface area contributed by atoms with Gasteiger partial charge in [0.2, 0.25) is 5.91 Å². The number of amides is 1. The monoisotopic (exact) mass is 421 g/mol. The van der Waals surface area contributed by atoms with Crippen LogP contribution in [0.5, 0.6) is 0 Å². The van der Waals surface area contributed by atoms with Crippen LogP contribution in [-0.4, -0.2) is 52.4 Å². The second-order valence-electron chi connectivity index (χ2n) is 8.11. The molecule has 3 rings (SSSR count). The number of nitrogens with zero attached hydrogens (tertiary/aromatic N) is 4. The Bertz CT molecular complexity index is 851. The van der Waals surface area contributed by atoms with Crippen LogP contribution in [0.15, 0.2) is 18.2 Å². The van der Waals surface area contributed by atoms with Gasteiger partial charge in [-0.15, -0.1) is 10.2 Å². The summed E-state index contributed by atoms with van der Waals surface area (Å²) < 4.78 is 34.0. The lowest BCUT2D eigenvalue weighted by atomic mass is 10.0. The van der Waals surface area contributed by atoms with Crippen molar-refractivity contribution in [2.75, 3.05) is 26.8 Å². The van der Waals surface area contributed by atoms with E-state index in [1.165, 1.54) is 19.2 Å². The normalized spacial score (nSPS) is 15.7. The topological polar surface area (TPSA) is 72.3 Å². The molecule has 1 unspecified atom stereocenters. The second kappa shape index (κ2) is 10.1. The molecule has 30 heavy (non-hydrogen) atoms. The van der Waals surface area contributed by atoms with Gasteiger partial charge in [0, 0.05) is 45.8 Å². The first-order valence-electron chi connectivity index (χ1n) is 10.2. The fraction of sp³-hybridized carbons (Fsp3) is 0.571. The van der Waals surface area contributed by atoms with E-state index in [1.807, 2.05) is 0 Å². The van der Waals surface area contributed by atoms with Crippen molar-refractivity contribution in [2.45, 2.75) is 45.8 Å². The third-order valence-corrected chi connectivity index (χ3v) is 5.11. The van der Waals surface area contributed by atoms with Crippen LogP contribution < -0.4 is 5.32 Å². The fourth-order valence-electron chi connectivity index (χ4n) is 3.83. The van der Waals surface area contributed by atoms with Crippen LogP contribution in [0.1, 0.15) is 43.5 Å². The molecule has 0 spiro atoms. The van der Waals surface area contributed by atoms with Gasteiger partial charge in [-0.3, -0.25) is 9.69 Å². The Labute approximate surface area is 175 Å². The maximum atomic E-state index is 13.5. The quantitative estimate of drug-likeness (QED) is 0.709. The van der Waals surface area contributed by atoms with Gasteiger partial charge >= 0.3 is 0 Å². The molecule has 2 aromatic rings. The van der Waals surface area contributed by atoms with Gasteiger partial charge in [-0.1, -0.05) is 13.8 Å². The first-order valence-corrected chi connectivity index (χ1v) is 10.2. The minimum Gasteiger partial charge on any atom is -0.375 e. The van der Waals surface area contributed by atoms with Gasteiger partial charge in [0.1, 0.15) is 24.1 Å². The summed E-state index contributed by atoms with van der Waals surface area (Å²) in [5.41, 5.74) is 0.606. The van der Waals surface area contributed by atoms with Gasteiger partial charge in [0.25, 0.3) is 0 Å². The van der Waals surface area contributed by atoms with E-state index in [1.54, 1.807) is 0 Å². The number of carbonyl (C=O) groups is 1. The van der Waals surface area contributed by atoms with Gasteiger partial charge in [-0.25, -0.2) is 8.78 Å². The summed E-state index contributed by atoms with van der Waals surface area (Å²) >= 11 is 0. The Morgan fingerprint density at radius 3 is 2.57 bits per heavy atom. The molecule has 7 nitrogen and oxygen atoms in total. The largest absolute Gasteiger partial charge is 0.375 e. The zero-order valence-corrected chi connectivity index (χ0v) is 17.7. The molecule has 0 fully saturated rings. The van der Waals surface area contributed by atoms with E-state index in [9.17, 15) is 13.6 Å². The van der Waals surface area contributed by atoms with Crippen molar-refractivity contribution in [3.8, 4) is 0 Å². The summed E-state index contributed by atoms with van der Waals surface area (Å²) in [6, 6.07) is 3.36. The number of ether oxygens (including phenoxy) is 1. The van der Waals surface area contributed by atoms with Crippen LogP contribution in [0, 0.1) is 17.6 Å². The van der Waals surface area contributed by atoms with Gasteiger partial charge in [-0.2, -0.15) is 0 Å². The highest BCUT2D eigenvalue weighted by atomic mass is 19.1. The average Bonchev–Trinajstić information content (AvgIpc) is 2.95. The lowest BCUT2D eigenvalue weighted by Crippen LogP contribution is -2.34. The molecule has 1 atom stereocenters. The number of methoxy groups -OCH3 is 1. The van der Waals surface area contributed by atoms with Crippen LogP contribution in [0.25, 0.3) is 0 Å². The molecule has 0 radical (unpaired) electrons. The Hall–Kier alpha value is -2.39. The van der Waals surface area contributed by atoms with Gasteiger partial charge in [0.15, 0.2) is 5.82 Å². The number of nitrogens with one attached hydrogen (secondary N) is 1. The van der Waals surface area contributed by atoms with E-state index in [0.717, 1.165) is 24.1 Å². The molecule has 0 saturated carbocycles. The molecule has 9 heteroatoms. The molecule has 2 heterocycles. The lowest BCUT2D eigenvalue weighted by Gasteiger charge is -2.22. The third-order valence-electron chi connectivity index (χ3n) is 5.11. The number of fused-ring (bicyclic) bond motifs is 1. The maximum Gasteiger partial charge on any atom is 0.246 e. The smallest absolute Gasteiger partial charge is 0.246 e. The Morgan fingerprint density at radius 2 is 1.90 bits per heavy atom. The van der Waals surface area contributed by atoms with Gasteiger partial charge in [0.05, 0.1) is 6.04 Å². The van der Waals surface area contributed by atoms with Crippen molar-refractivity contribution < 1.29 is 18.3 Å². The molecule has 0 bridgehead atoms. The summed E-state index contributed by atoms with van der Waals surface area (Å²) in [5, 5.41) is 11.7. The number of aromatic nitrogens is 3. The highest BCUT2D eigenvalue weighted by Crippen LogP contribution is 2.23. The third kappa shape index (κ3) is 5.82. The molecular weight excluding hydrogens is 392 g/mol. The number of benzene rings is 1. The molecular formula is C21H29F2N5O2. The molecule has 1 aliphatic heterocycles. The summed E-state index contributed by atoms with van der Waals surface area (Å²) in [6.07, 6.45) is 1.41. The molecule has 0 saturated heterocycles. The number of hydrogen-bond donors (Lipinski definition) is 1. The fourth-order valence-corrected chi connectivity index (χ4v) is 3.83. The first kappa shape index (κ1) is 22.3. The van der Waals surface area contributed by atoms with Crippen molar-refractivity contribution in [3.05, 3.63) is 47.0 Å². The van der Waals surface area contributed by atoms with E-state index < -0.39 is 11.6 Å². The van der Waals surface area contributed by atoms with E-state index in [2.05, 4.69) is 38.8 Å². The predicted octanol–water partition coefficient (Wildman–Crippen LogP) is 2.46. The molecule has 1 amide bonds. The number of hydrogen-bond acceptors (Lipinski definition) is 5. The van der Waals surface area contributed by atoms with Crippen molar-refractivity contribution in [1.82, 2.24) is 25.0 Å². The molecule has 1 aromatic heterocycles. The number of halogens is 2. The SMILES string of the molecule is COCC(=O)NC(CC(C)C)c1nnc2n1CCN(Cc1cc(F)cc(F)c1)CC2. The van der Waals surface area contributed by atoms with E-state index in [0.29, 0.717) is 44.1 Å². The summed E-state index contributed by atoms with van der Waals surface area (Å²) in [4.78, 5) is 14.3. The maximum absolute atomic E-state index is 13.5. The van der Waals surface area contributed by atoms with Crippen molar-refractivity contribution in [1.29, 1.82) is 0 Å². The molecule has 0 aliphatic carbocycles. The Balaban J connectivity index is 1.73. The average molecular weight is 421 g/mol. The molecule has 1 aromatic carbocycles. The lowest BCUT2D eigenvalue weighted by molar-refractivity contribution is -0.125. The van der Waals surface area contributed by atoms with Crippen LogP contribution in [0.3, 0.4) is 0 Å². The number of rotatable bonds is 8. The summed E-state index contributed by atoms with van der Waals surface area (Å²) in [5.74, 6) is 0.624. The zero-order chi connectivity index (χ0) is 21.7. The van der Waals surface area contributed by atoms with Crippen LogP contribution in [0.4, 0.5) is 8.78 Å². The van der Waals surface area contributed by atoms with Gasteiger partial charge < -0.3 is 14.6 Å². The highest BCUT2D eigenvalue weighted by Gasteiger charge is 2.26. The molecule has 1 N–H and O–H groups in total. The van der Waals surface area contributed by atoms with E-state index in [4.69, 9.17) is 4.74 Å².